The lowest BCUT2D eigenvalue weighted by Crippen LogP contribution is -2.30. The van der Waals surface area contributed by atoms with Gasteiger partial charge >= 0.3 is 0 Å². The fraction of sp³-hybridized carbons (Fsp3) is 0.0541. The second kappa shape index (κ2) is 16.0. The average Bonchev–Trinajstić information content (AvgIpc) is 3.10. The fourth-order valence-corrected chi connectivity index (χ4v) is 5.86. The molecule has 5 aromatic carbocycles. The zero-order valence-corrected chi connectivity index (χ0v) is 27.4. The Kier molecular flexibility index (Phi) is 11.4. The van der Waals surface area contributed by atoms with Gasteiger partial charge < -0.3 is 20.7 Å². The number of hydrogen-bond acceptors (Lipinski definition) is 5. The molecule has 0 aliphatic carbocycles. The first-order valence-corrected chi connectivity index (χ1v) is 16.0. The molecule has 0 radical (unpaired) electrons. The molecule has 0 aliphatic heterocycles. The van der Waals surface area contributed by atoms with Crippen LogP contribution >= 0.6 is 35.0 Å². The van der Waals surface area contributed by atoms with E-state index in [1.807, 2.05) is 48.5 Å². The van der Waals surface area contributed by atoms with Gasteiger partial charge in [-0.05, 0) is 77.9 Å². The number of rotatable bonds is 11. The number of hydrogen-bond donors (Lipinski definition) is 3. The molecule has 5 aromatic rings. The van der Waals surface area contributed by atoms with Gasteiger partial charge in [-0.2, -0.15) is 0 Å². The van der Waals surface area contributed by atoms with Crippen LogP contribution in [0.15, 0.2) is 138 Å². The summed E-state index contributed by atoms with van der Waals surface area (Å²) in [6.07, 6.45) is 1.58. The van der Waals surface area contributed by atoms with E-state index in [1.54, 1.807) is 92.0 Å². The van der Waals surface area contributed by atoms with E-state index in [0.717, 1.165) is 10.5 Å². The first kappa shape index (κ1) is 33.3. The minimum Gasteiger partial charge on any atom is -0.497 e. The van der Waals surface area contributed by atoms with Crippen molar-refractivity contribution < 1.29 is 19.1 Å². The molecule has 0 saturated heterocycles. The molecule has 47 heavy (non-hydrogen) atoms. The van der Waals surface area contributed by atoms with Crippen LogP contribution in [0.5, 0.6) is 5.75 Å². The number of amides is 3. The van der Waals surface area contributed by atoms with E-state index in [-0.39, 0.29) is 16.6 Å². The highest BCUT2D eigenvalue weighted by atomic mass is 35.5. The summed E-state index contributed by atoms with van der Waals surface area (Å²) in [4.78, 5) is 40.8. The predicted octanol–water partition coefficient (Wildman–Crippen LogP) is 8.88. The van der Waals surface area contributed by atoms with E-state index < -0.39 is 17.1 Å². The molecule has 0 aliphatic rings. The largest absolute Gasteiger partial charge is 0.497 e. The Bertz CT molecular complexity index is 1900. The Morgan fingerprint density at radius 3 is 2.15 bits per heavy atom. The van der Waals surface area contributed by atoms with Crippen molar-refractivity contribution in [3.05, 3.63) is 160 Å². The molecule has 3 amide bonds. The first-order valence-electron chi connectivity index (χ1n) is 14.4. The third-order valence-electron chi connectivity index (χ3n) is 6.85. The van der Waals surface area contributed by atoms with E-state index in [9.17, 15) is 14.4 Å². The summed E-state index contributed by atoms with van der Waals surface area (Å²) in [6.45, 7) is 0. The normalized spacial score (nSPS) is 11.7. The quantitative estimate of drug-likeness (QED) is 0.0956. The molecule has 1 unspecified atom stereocenters. The summed E-state index contributed by atoms with van der Waals surface area (Å²) < 4.78 is 5.31. The number of ether oxygens (including phenoxy) is 1. The number of anilines is 2. The van der Waals surface area contributed by atoms with Crippen LogP contribution in [0.1, 0.15) is 26.7 Å². The maximum absolute atomic E-state index is 13.5. The molecule has 1 atom stereocenters. The van der Waals surface area contributed by atoms with Crippen LogP contribution in [0.3, 0.4) is 0 Å². The van der Waals surface area contributed by atoms with Crippen molar-refractivity contribution in [2.24, 2.45) is 0 Å². The predicted molar refractivity (Wildman–Crippen MR) is 190 cm³/mol. The van der Waals surface area contributed by atoms with Gasteiger partial charge in [-0.25, -0.2) is 0 Å². The zero-order valence-electron chi connectivity index (χ0n) is 25.1. The monoisotopic (exact) mass is 681 g/mol. The third kappa shape index (κ3) is 9.04. The fourth-order valence-electron chi connectivity index (χ4n) is 4.49. The van der Waals surface area contributed by atoms with Gasteiger partial charge in [-0.3, -0.25) is 14.4 Å². The maximum Gasteiger partial charge on any atom is 0.272 e. The number of nitrogens with one attached hydrogen (secondary N) is 3. The van der Waals surface area contributed by atoms with Crippen LogP contribution in [0.4, 0.5) is 11.4 Å². The van der Waals surface area contributed by atoms with Crippen molar-refractivity contribution in [3.63, 3.8) is 0 Å². The number of benzene rings is 5. The average molecular weight is 683 g/mol. The third-order valence-corrected chi connectivity index (χ3v) is 8.93. The smallest absolute Gasteiger partial charge is 0.272 e. The molecular weight excluding hydrogens is 653 g/mol. The maximum atomic E-state index is 13.5. The van der Waals surface area contributed by atoms with Crippen molar-refractivity contribution in [1.82, 2.24) is 5.32 Å². The van der Waals surface area contributed by atoms with Gasteiger partial charge in [0.25, 0.3) is 11.8 Å². The van der Waals surface area contributed by atoms with E-state index in [2.05, 4.69) is 16.0 Å². The molecular formula is C37H29Cl2N3O4S. The van der Waals surface area contributed by atoms with Crippen LogP contribution in [0.25, 0.3) is 6.08 Å². The minimum atomic E-state index is -0.614. The van der Waals surface area contributed by atoms with Gasteiger partial charge in [0, 0.05) is 16.1 Å². The van der Waals surface area contributed by atoms with Crippen LogP contribution in [-0.2, 0) is 9.59 Å². The van der Waals surface area contributed by atoms with Crippen molar-refractivity contribution in [3.8, 4) is 5.75 Å². The Balaban J connectivity index is 1.34. The van der Waals surface area contributed by atoms with E-state index in [1.165, 1.54) is 11.8 Å². The summed E-state index contributed by atoms with van der Waals surface area (Å²) in [5, 5.41) is 8.48. The molecule has 236 valence electrons. The molecule has 0 bridgehead atoms. The Labute approximate surface area is 287 Å². The summed E-state index contributed by atoms with van der Waals surface area (Å²) in [5.41, 5.74) is 2.84. The number of thioether (sulfide) groups is 1. The minimum absolute atomic E-state index is 0.0473. The van der Waals surface area contributed by atoms with E-state index >= 15 is 0 Å². The highest BCUT2D eigenvalue weighted by molar-refractivity contribution is 8.00. The van der Waals surface area contributed by atoms with Gasteiger partial charge in [0.2, 0.25) is 5.91 Å². The molecule has 0 aromatic heterocycles. The molecule has 0 fully saturated rings. The van der Waals surface area contributed by atoms with Crippen LogP contribution in [0, 0.1) is 0 Å². The zero-order chi connectivity index (χ0) is 33.2. The summed E-state index contributed by atoms with van der Waals surface area (Å²) in [7, 11) is 1.55. The summed E-state index contributed by atoms with van der Waals surface area (Å²) in [6, 6.07) is 37.3. The number of carbonyl (C=O) groups is 3. The second-order valence-corrected chi connectivity index (χ2v) is 12.1. The van der Waals surface area contributed by atoms with Crippen LogP contribution in [-0.4, -0.2) is 24.8 Å². The summed E-state index contributed by atoms with van der Waals surface area (Å²) >= 11 is 13.8. The Hall–Kier alpha value is -5.02. The highest BCUT2D eigenvalue weighted by Crippen LogP contribution is 2.38. The van der Waals surface area contributed by atoms with Gasteiger partial charge in [0.15, 0.2) is 0 Å². The number of methoxy groups -OCH3 is 1. The lowest BCUT2D eigenvalue weighted by atomic mass is 10.1. The molecule has 0 spiro atoms. The van der Waals surface area contributed by atoms with E-state index in [4.69, 9.17) is 27.9 Å². The topological polar surface area (TPSA) is 96.5 Å². The Morgan fingerprint density at radius 1 is 0.766 bits per heavy atom. The Morgan fingerprint density at radius 2 is 1.45 bits per heavy atom. The molecule has 0 saturated carbocycles. The van der Waals surface area contributed by atoms with Crippen molar-refractivity contribution in [1.29, 1.82) is 0 Å². The molecule has 7 nitrogen and oxygen atoms in total. The highest BCUT2D eigenvalue weighted by Gasteiger charge is 2.23. The molecule has 0 heterocycles. The molecule has 3 N–H and O–H groups in total. The van der Waals surface area contributed by atoms with Gasteiger partial charge in [0.1, 0.15) is 16.7 Å². The van der Waals surface area contributed by atoms with Crippen molar-refractivity contribution in [2.75, 3.05) is 17.7 Å². The SMILES string of the molecule is COc1cccc(/C=C(\NC(=O)c2ccccc2)C(=O)Nc2ccc(SC(C(=O)Nc3cccc(Cl)c3Cl)c3ccccc3)cc2)c1. The molecule has 5 rings (SSSR count). The number of halogens is 2. The lowest BCUT2D eigenvalue weighted by molar-refractivity contribution is -0.116. The first-order chi connectivity index (χ1) is 22.8. The van der Waals surface area contributed by atoms with Crippen LogP contribution < -0.4 is 20.7 Å². The second-order valence-electron chi connectivity index (χ2n) is 10.1. The van der Waals surface area contributed by atoms with Gasteiger partial charge in [-0.15, -0.1) is 11.8 Å². The number of carbonyl (C=O) groups excluding carboxylic acids is 3. The van der Waals surface area contributed by atoms with Crippen molar-refractivity contribution in [2.45, 2.75) is 10.1 Å². The van der Waals surface area contributed by atoms with Gasteiger partial charge in [-0.1, -0.05) is 89.9 Å². The standard InChI is InChI=1S/C37H29Cl2N3O4S/c1-46-28-15-8-10-24(22-28)23-32(42-35(43)26-13-6-3-7-14-26)36(44)40-27-18-20-29(21-19-27)47-34(25-11-4-2-5-12-25)37(45)41-31-17-9-16-30(38)33(31)39/h2-23,34H,1H3,(H,40,44)(H,41,45)(H,42,43)/b32-23-. The van der Waals surface area contributed by atoms with E-state index in [0.29, 0.717) is 33.3 Å². The van der Waals surface area contributed by atoms with Gasteiger partial charge in [0.05, 0.1) is 22.8 Å². The summed E-state index contributed by atoms with van der Waals surface area (Å²) in [5.74, 6) is -0.605. The van der Waals surface area contributed by atoms with Crippen LogP contribution in [0.2, 0.25) is 10.0 Å². The lowest BCUT2D eigenvalue weighted by Gasteiger charge is -2.18. The van der Waals surface area contributed by atoms with Crippen molar-refractivity contribution >= 4 is 70.1 Å². The molecule has 10 heteroatoms.